The molecule has 2 aliphatic heterocycles. The Bertz CT molecular complexity index is 982. The quantitative estimate of drug-likeness (QED) is 0.302. The molecule has 2 unspecified atom stereocenters. The van der Waals surface area contributed by atoms with E-state index in [4.69, 9.17) is 10.8 Å². The summed E-state index contributed by atoms with van der Waals surface area (Å²) in [6.07, 6.45) is 7.20. The number of hydrogen-bond acceptors (Lipinski definition) is 7. The van der Waals surface area contributed by atoms with E-state index in [-0.39, 0.29) is 12.3 Å². The monoisotopic (exact) mass is 480 g/mol. The molecule has 0 radical (unpaired) electrons. The zero-order chi connectivity index (χ0) is 25.2. The molecule has 0 spiro atoms. The van der Waals surface area contributed by atoms with E-state index in [1.54, 1.807) is 6.20 Å². The molecule has 1 fully saturated rings. The van der Waals surface area contributed by atoms with Gasteiger partial charge in [-0.2, -0.15) is 0 Å². The van der Waals surface area contributed by atoms with E-state index in [0.717, 1.165) is 74.6 Å². The van der Waals surface area contributed by atoms with Gasteiger partial charge in [0, 0.05) is 37.4 Å². The van der Waals surface area contributed by atoms with Crippen molar-refractivity contribution in [1.29, 1.82) is 0 Å². The fourth-order valence-corrected chi connectivity index (χ4v) is 5.03. The Hall–Kier alpha value is -2.94. The highest BCUT2D eigenvalue weighted by Crippen LogP contribution is 2.29. The van der Waals surface area contributed by atoms with Gasteiger partial charge in [0.05, 0.1) is 12.1 Å². The fraction of sp³-hybridized carbons (Fsp3) is 0.481. The maximum Gasteiger partial charge on any atom is 0.304 e. The third kappa shape index (κ3) is 7.52. The van der Waals surface area contributed by atoms with Crippen LogP contribution in [0.1, 0.15) is 48.4 Å². The zero-order valence-electron chi connectivity index (χ0n) is 20.8. The average Bonchev–Trinajstić information content (AvgIpc) is 3.34. The molecule has 35 heavy (non-hydrogen) atoms. The van der Waals surface area contributed by atoms with Crippen molar-refractivity contribution >= 4 is 17.5 Å². The lowest BCUT2D eigenvalue weighted by Gasteiger charge is -2.24. The second-order valence-corrected chi connectivity index (χ2v) is 9.27. The van der Waals surface area contributed by atoms with Crippen LogP contribution >= 0.6 is 0 Å². The molecule has 1 aromatic carbocycles. The summed E-state index contributed by atoms with van der Waals surface area (Å²) in [4.78, 5) is 18.8. The number of likely N-dealkylation sites (tertiary alicyclic amines) is 1. The Labute approximate surface area is 209 Å². The average molecular weight is 481 g/mol. The molecule has 1 aromatic heterocycles. The number of hydrogen-bond donors (Lipinski definition) is 4. The minimum absolute atomic E-state index is 0.0761. The van der Waals surface area contributed by atoms with Crippen LogP contribution < -0.4 is 21.9 Å². The van der Waals surface area contributed by atoms with E-state index < -0.39 is 5.97 Å². The molecule has 3 heterocycles. The molecule has 8 nitrogen and oxygen atoms in total. The second-order valence-electron chi connectivity index (χ2n) is 9.27. The van der Waals surface area contributed by atoms with Gasteiger partial charge in [-0.1, -0.05) is 24.8 Å². The Morgan fingerprint density at radius 2 is 2.20 bits per heavy atom. The summed E-state index contributed by atoms with van der Waals surface area (Å²) in [6, 6.07) is 12.2. The van der Waals surface area contributed by atoms with Gasteiger partial charge < -0.3 is 21.1 Å². The van der Waals surface area contributed by atoms with Crippen LogP contribution in [0.25, 0.3) is 0 Å². The van der Waals surface area contributed by atoms with Crippen LogP contribution in [0.4, 0.5) is 11.5 Å². The predicted molar refractivity (Wildman–Crippen MR) is 142 cm³/mol. The summed E-state index contributed by atoms with van der Waals surface area (Å²) in [5, 5.41) is 14.4. The molecule has 0 aliphatic carbocycles. The number of nitrogens with one attached hydrogen (secondary N) is 1. The predicted octanol–water partition coefficient (Wildman–Crippen LogP) is 3.35. The second kappa shape index (κ2) is 13.2. The van der Waals surface area contributed by atoms with Crippen molar-refractivity contribution in [1.82, 2.24) is 9.88 Å². The number of anilines is 2. The van der Waals surface area contributed by atoms with Crippen molar-refractivity contribution in [3.05, 3.63) is 66.0 Å². The fourth-order valence-electron chi connectivity index (χ4n) is 5.03. The number of carbonyl (C=O) groups is 1. The van der Waals surface area contributed by atoms with E-state index in [0.29, 0.717) is 5.92 Å². The topological polar surface area (TPSA) is 121 Å². The number of benzene rings is 1. The minimum atomic E-state index is -0.776. The third-order valence-corrected chi connectivity index (χ3v) is 6.87. The molecule has 2 aromatic rings. The van der Waals surface area contributed by atoms with Crippen molar-refractivity contribution < 1.29 is 9.90 Å². The van der Waals surface area contributed by atoms with Crippen LogP contribution in [0.5, 0.6) is 0 Å². The molecule has 0 amide bonds. The molecular weight excluding hydrogens is 440 g/mol. The first-order chi connectivity index (χ1) is 17.0. The van der Waals surface area contributed by atoms with Gasteiger partial charge in [0.15, 0.2) is 0 Å². The number of aryl methyl sites for hydroxylation is 2. The van der Waals surface area contributed by atoms with Crippen LogP contribution in [0.3, 0.4) is 0 Å². The number of fused-ring (bicyclic) bond motifs is 1. The highest BCUT2D eigenvalue weighted by Gasteiger charge is 2.27. The maximum absolute atomic E-state index is 11.6. The van der Waals surface area contributed by atoms with Gasteiger partial charge in [-0.15, -0.1) is 0 Å². The maximum atomic E-state index is 11.6. The van der Waals surface area contributed by atoms with Crippen LogP contribution in [-0.2, 0) is 17.6 Å². The van der Waals surface area contributed by atoms with Gasteiger partial charge in [-0.05, 0) is 80.9 Å². The Kier molecular flexibility index (Phi) is 10.1. The summed E-state index contributed by atoms with van der Waals surface area (Å²) in [7, 11) is 1.50. The summed E-state index contributed by atoms with van der Waals surface area (Å²) in [5.41, 5.74) is 8.80. The first-order valence-corrected chi connectivity index (χ1v) is 12.5. The Balaban J connectivity index is 0.00000167. The highest BCUT2D eigenvalue weighted by atomic mass is 16.4. The largest absolute Gasteiger partial charge is 0.481 e. The summed E-state index contributed by atoms with van der Waals surface area (Å²) in [6.45, 7) is 7.47. The van der Waals surface area contributed by atoms with Crippen LogP contribution in [0, 0.1) is 5.92 Å². The van der Waals surface area contributed by atoms with Gasteiger partial charge in [0.25, 0.3) is 0 Å². The number of pyridine rings is 1. The standard InChI is InChI=1S/C26H35N5O2.CH5N/c1-2-31(27)24-7-3-5-21(15-24)22(16-25(32)33)18-30-14-12-19(17-30)8-10-23-11-9-20-6-4-13-28-26(20)29-23;1-2/h2-3,5,7,9,11,15,19,22H,1,4,6,8,10,12-14,16-18,27H2,(H,28,29)(H,32,33);2H2,1H3. The molecule has 190 valence electrons. The molecule has 6 N–H and O–H groups in total. The van der Waals surface area contributed by atoms with E-state index in [9.17, 15) is 9.90 Å². The van der Waals surface area contributed by atoms with Crippen molar-refractivity contribution in [2.75, 3.05) is 43.6 Å². The number of carboxylic acid groups (broad SMARTS) is 1. The Morgan fingerprint density at radius 3 is 2.97 bits per heavy atom. The van der Waals surface area contributed by atoms with E-state index in [2.05, 4.69) is 34.7 Å². The summed E-state index contributed by atoms with van der Waals surface area (Å²) >= 11 is 0. The molecule has 2 atom stereocenters. The summed E-state index contributed by atoms with van der Waals surface area (Å²) in [5.74, 6) is 6.78. The van der Waals surface area contributed by atoms with E-state index in [1.165, 1.54) is 24.0 Å². The van der Waals surface area contributed by atoms with E-state index in [1.807, 2.05) is 24.3 Å². The number of carboxylic acids is 1. The van der Waals surface area contributed by atoms with Gasteiger partial charge >= 0.3 is 5.97 Å². The molecule has 2 aliphatic rings. The third-order valence-electron chi connectivity index (χ3n) is 6.87. The van der Waals surface area contributed by atoms with Gasteiger partial charge in [-0.3, -0.25) is 9.80 Å². The SMILES string of the molecule is C=CN(N)c1cccc(C(CC(=O)O)CN2CCC(CCc3ccc4c(n3)NCCC4)C2)c1.CN. The lowest BCUT2D eigenvalue weighted by atomic mass is 9.94. The number of aromatic nitrogens is 1. The molecule has 0 saturated carbocycles. The first-order valence-electron chi connectivity index (χ1n) is 12.5. The Morgan fingerprint density at radius 1 is 1.37 bits per heavy atom. The van der Waals surface area contributed by atoms with Crippen molar-refractivity contribution in [2.45, 2.75) is 44.4 Å². The number of nitrogens with zero attached hydrogens (tertiary/aromatic N) is 3. The molecule has 8 heteroatoms. The molecular formula is C27H40N6O2. The van der Waals surface area contributed by atoms with Crippen LogP contribution in [0.2, 0.25) is 0 Å². The smallest absolute Gasteiger partial charge is 0.304 e. The lowest BCUT2D eigenvalue weighted by Crippen LogP contribution is -2.28. The van der Waals surface area contributed by atoms with E-state index >= 15 is 0 Å². The zero-order valence-corrected chi connectivity index (χ0v) is 20.8. The van der Waals surface area contributed by atoms with Gasteiger partial charge in [-0.25, -0.2) is 10.8 Å². The number of aliphatic carboxylic acids is 1. The summed E-state index contributed by atoms with van der Waals surface area (Å²) < 4.78 is 0. The van der Waals surface area contributed by atoms with Crippen molar-refractivity contribution in [3.63, 3.8) is 0 Å². The number of rotatable bonds is 10. The normalized spacial score (nSPS) is 18.0. The number of hydrazine groups is 1. The molecule has 0 bridgehead atoms. The minimum Gasteiger partial charge on any atom is -0.481 e. The van der Waals surface area contributed by atoms with Crippen LogP contribution in [-0.4, -0.2) is 54.2 Å². The van der Waals surface area contributed by atoms with Gasteiger partial charge in [0.2, 0.25) is 0 Å². The number of nitrogens with two attached hydrogens (primary N) is 2. The van der Waals surface area contributed by atoms with Crippen molar-refractivity contribution in [3.8, 4) is 0 Å². The highest BCUT2D eigenvalue weighted by molar-refractivity contribution is 5.68. The van der Waals surface area contributed by atoms with Gasteiger partial charge in [0.1, 0.15) is 5.82 Å². The first kappa shape index (κ1) is 26.7. The molecule has 4 rings (SSSR count). The van der Waals surface area contributed by atoms with Crippen LogP contribution in [0.15, 0.2) is 49.2 Å². The lowest BCUT2D eigenvalue weighted by molar-refractivity contribution is -0.137. The van der Waals surface area contributed by atoms with Crippen molar-refractivity contribution in [2.24, 2.45) is 17.5 Å². The molecule has 1 saturated heterocycles.